The van der Waals surface area contributed by atoms with Gasteiger partial charge in [0.1, 0.15) is 12.4 Å². The molecule has 0 aliphatic carbocycles. The highest BCUT2D eigenvalue weighted by Gasteiger charge is 2.12. The van der Waals surface area contributed by atoms with Crippen LogP contribution in [0.3, 0.4) is 0 Å². The number of benzene rings is 1. The van der Waals surface area contributed by atoms with Crippen LogP contribution in [0.5, 0.6) is 0 Å². The fourth-order valence-corrected chi connectivity index (χ4v) is 2.05. The molecule has 0 N–H and O–H groups in total. The number of rotatable bonds is 4. The van der Waals surface area contributed by atoms with E-state index in [4.69, 9.17) is 9.15 Å². The van der Waals surface area contributed by atoms with E-state index in [9.17, 15) is 4.39 Å². The van der Waals surface area contributed by atoms with Crippen LogP contribution in [-0.4, -0.2) is 27.3 Å². The monoisotopic (exact) mass is 300 g/mol. The molecule has 0 bridgehead atoms. The number of aromatic nitrogens is 4. The molecule has 3 rings (SSSR count). The maximum Gasteiger partial charge on any atom is 0.285 e. The zero-order chi connectivity index (χ0) is 15.5. The second-order valence-corrected chi connectivity index (χ2v) is 4.69. The molecule has 6 nitrogen and oxygen atoms in total. The highest BCUT2D eigenvalue weighted by molar-refractivity contribution is 5.66. The highest BCUT2D eigenvalue weighted by atomic mass is 19.1. The van der Waals surface area contributed by atoms with Gasteiger partial charge in [0, 0.05) is 25.1 Å². The van der Waals surface area contributed by atoms with Crippen LogP contribution >= 0.6 is 0 Å². The van der Waals surface area contributed by atoms with E-state index in [1.807, 2.05) is 6.92 Å². The average Bonchev–Trinajstić information content (AvgIpc) is 2.97. The molecule has 1 aromatic carbocycles. The summed E-state index contributed by atoms with van der Waals surface area (Å²) in [5, 5.41) is 7.69. The van der Waals surface area contributed by atoms with Gasteiger partial charge in [0.05, 0.1) is 0 Å². The van der Waals surface area contributed by atoms with Crippen molar-refractivity contribution in [1.29, 1.82) is 0 Å². The summed E-state index contributed by atoms with van der Waals surface area (Å²) in [5.74, 6) is 0.655. The Kier molecular flexibility index (Phi) is 3.88. The van der Waals surface area contributed by atoms with Crippen molar-refractivity contribution in [3.63, 3.8) is 0 Å². The van der Waals surface area contributed by atoms with Crippen LogP contribution in [-0.2, 0) is 11.3 Å². The molecule has 0 spiro atoms. The molecule has 112 valence electrons. The van der Waals surface area contributed by atoms with Crippen LogP contribution in [0.2, 0.25) is 0 Å². The van der Waals surface area contributed by atoms with Crippen molar-refractivity contribution in [3.05, 3.63) is 47.9 Å². The van der Waals surface area contributed by atoms with Gasteiger partial charge in [0.15, 0.2) is 0 Å². The van der Waals surface area contributed by atoms with Crippen molar-refractivity contribution >= 4 is 0 Å². The molecule has 2 heterocycles. The van der Waals surface area contributed by atoms with Crippen molar-refractivity contribution in [2.24, 2.45) is 0 Å². The number of hydrogen-bond donors (Lipinski definition) is 0. The summed E-state index contributed by atoms with van der Waals surface area (Å²) >= 11 is 0. The molecular weight excluding hydrogens is 287 g/mol. The molecule has 0 amide bonds. The van der Waals surface area contributed by atoms with Gasteiger partial charge in [0.2, 0.25) is 11.7 Å². The van der Waals surface area contributed by atoms with Gasteiger partial charge >= 0.3 is 0 Å². The molecule has 7 heteroatoms. The molecule has 2 aromatic heterocycles. The summed E-state index contributed by atoms with van der Waals surface area (Å²) in [7, 11) is 1.54. The lowest BCUT2D eigenvalue weighted by atomic mass is 10.0. The van der Waals surface area contributed by atoms with Gasteiger partial charge in [-0.25, -0.2) is 14.4 Å². The van der Waals surface area contributed by atoms with Gasteiger partial charge in [0.25, 0.3) is 5.89 Å². The molecule has 0 saturated heterocycles. The molecule has 0 unspecified atom stereocenters. The lowest BCUT2D eigenvalue weighted by Crippen LogP contribution is -1.92. The second kappa shape index (κ2) is 5.98. The molecule has 0 atom stereocenters. The van der Waals surface area contributed by atoms with E-state index in [1.54, 1.807) is 25.6 Å². The third kappa shape index (κ3) is 2.84. The predicted molar refractivity (Wildman–Crippen MR) is 76.2 cm³/mol. The molecule has 0 aliphatic heterocycles. The zero-order valence-electron chi connectivity index (χ0n) is 12.1. The minimum Gasteiger partial charge on any atom is -0.416 e. The van der Waals surface area contributed by atoms with Crippen LogP contribution in [0.25, 0.3) is 22.8 Å². The number of nitrogens with zero attached hydrogens (tertiary/aromatic N) is 4. The van der Waals surface area contributed by atoms with E-state index in [0.29, 0.717) is 11.7 Å². The minimum atomic E-state index is -0.268. The second-order valence-electron chi connectivity index (χ2n) is 4.69. The van der Waals surface area contributed by atoms with Gasteiger partial charge in [-0.2, -0.15) is 0 Å². The third-order valence-electron chi connectivity index (χ3n) is 3.08. The number of aryl methyl sites for hydroxylation is 1. The first kappa shape index (κ1) is 14.3. The Morgan fingerprint density at radius 2 is 1.95 bits per heavy atom. The van der Waals surface area contributed by atoms with Crippen molar-refractivity contribution < 1.29 is 13.5 Å². The molecule has 0 saturated carbocycles. The van der Waals surface area contributed by atoms with E-state index in [-0.39, 0.29) is 18.3 Å². The number of ether oxygens (including phenoxy) is 1. The van der Waals surface area contributed by atoms with Crippen molar-refractivity contribution in [2.45, 2.75) is 13.5 Å². The fourth-order valence-electron chi connectivity index (χ4n) is 2.05. The SMILES string of the molecule is COCc1nnc(-c2ncc(-c3ccc(F)cc3C)cn2)o1. The van der Waals surface area contributed by atoms with Gasteiger partial charge in [-0.15, -0.1) is 10.2 Å². The minimum absolute atomic E-state index is 0.231. The van der Waals surface area contributed by atoms with Crippen LogP contribution < -0.4 is 0 Å². The van der Waals surface area contributed by atoms with Gasteiger partial charge in [-0.1, -0.05) is 6.07 Å². The maximum atomic E-state index is 13.1. The summed E-state index contributed by atoms with van der Waals surface area (Å²) in [6, 6.07) is 4.58. The average molecular weight is 300 g/mol. The first-order valence-electron chi connectivity index (χ1n) is 6.57. The maximum absolute atomic E-state index is 13.1. The van der Waals surface area contributed by atoms with Crippen LogP contribution in [0, 0.1) is 12.7 Å². The molecular formula is C15H13FN4O2. The summed E-state index contributed by atoms with van der Waals surface area (Å²) < 4.78 is 23.4. The summed E-state index contributed by atoms with van der Waals surface area (Å²) in [6.45, 7) is 2.07. The first-order chi connectivity index (χ1) is 10.7. The number of methoxy groups -OCH3 is 1. The van der Waals surface area contributed by atoms with Crippen LogP contribution in [0.15, 0.2) is 35.0 Å². The van der Waals surface area contributed by atoms with Crippen LogP contribution in [0.4, 0.5) is 4.39 Å². The lowest BCUT2D eigenvalue weighted by molar-refractivity contribution is 0.160. The Hall–Kier alpha value is -2.67. The Bertz CT molecular complexity index is 786. The van der Waals surface area contributed by atoms with E-state index in [1.165, 1.54) is 12.1 Å². The Labute approximate surface area is 126 Å². The van der Waals surface area contributed by atoms with Crippen molar-refractivity contribution in [3.8, 4) is 22.8 Å². The first-order valence-corrected chi connectivity index (χ1v) is 6.57. The van der Waals surface area contributed by atoms with E-state index in [0.717, 1.165) is 16.7 Å². The topological polar surface area (TPSA) is 73.9 Å². The normalized spacial score (nSPS) is 10.9. The molecule has 0 fully saturated rings. The Balaban J connectivity index is 1.88. The van der Waals surface area contributed by atoms with Gasteiger partial charge < -0.3 is 9.15 Å². The number of hydrogen-bond acceptors (Lipinski definition) is 6. The largest absolute Gasteiger partial charge is 0.416 e. The third-order valence-corrected chi connectivity index (χ3v) is 3.08. The molecule has 3 aromatic rings. The van der Waals surface area contributed by atoms with Crippen molar-refractivity contribution in [1.82, 2.24) is 20.2 Å². The lowest BCUT2D eigenvalue weighted by Gasteiger charge is -2.05. The highest BCUT2D eigenvalue weighted by Crippen LogP contribution is 2.24. The quantitative estimate of drug-likeness (QED) is 0.737. The Morgan fingerprint density at radius 3 is 2.64 bits per heavy atom. The summed E-state index contributed by atoms with van der Waals surface area (Å²) in [6.07, 6.45) is 3.28. The molecule has 22 heavy (non-hydrogen) atoms. The molecule has 0 aliphatic rings. The predicted octanol–water partition coefficient (Wildman–Crippen LogP) is 2.79. The molecule has 0 radical (unpaired) electrons. The standard InChI is InChI=1S/C15H13FN4O2/c1-9-5-11(16)3-4-12(9)10-6-17-14(18-7-10)15-20-19-13(22-15)8-21-2/h3-7H,8H2,1-2H3. The van der Waals surface area contributed by atoms with Crippen molar-refractivity contribution in [2.75, 3.05) is 7.11 Å². The van der Waals surface area contributed by atoms with E-state index in [2.05, 4.69) is 20.2 Å². The number of halogens is 1. The van der Waals surface area contributed by atoms with Gasteiger partial charge in [-0.3, -0.25) is 0 Å². The zero-order valence-corrected chi connectivity index (χ0v) is 12.1. The van der Waals surface area contributed by atoms with Gasteiger partial charge in [-0.05, 0) is 30.2 Å². The smallest absolute Gasteiger partial charge is 0.285 e. The van der Waals surface area contributed by atoms with E-state index >= 15 is 0 Å². The fraction of sp³-hybridized carbons (Fsp3) is 0.200. The van der Waals surface area contributed by atoms with Crippen LogP contribution in [0.1, 0.15) is 11.5 Å². The summed E-state index contributed by atoms with van der Waals surface area (Å²) in [4.78, 5) is 8.44. The van der Waals surface area contributed by atoms with E-state index < -0.39 is 0 Å². The summed E-state index contributed by atoms with van der Waals surface area (Å²) in [5.41, 5.74) is 2.48. The Morgan fingerprint density at radius 1 is 1.18 bits per heavy atom.